The van der Waals surface area contributed by atoms with Crippen LogP contribution >= 0.6 is 22.7 Å². The molecule has 2 heterocycles. The second-order valence-electron chi connectivity index (χ2n) is 5.10. The van der Waals surface area contributed by atoms with Crippen molar-refractivity contribution < 1.29 is 18.3 Å². The second-order valence-corrected chi connectivity index (χ2v) is 6.90. The third kappa shape index (κ3) is 5.07. The molecule has 1 aromatic carbocycles. The van der Waals surface area contributed by atoms with E-state index in [4.69, 9.17) is 0 Å². The first-order chi connectivity index (χ1) is 12.1. The predicted octanol–water partition coefficient (Wildman–Crippen LogP) is 4.33. The minimum absolute atomic E-state index is 0.0913. The Morgan fingerprint density at radius 2 is 2.00 bits per heavy atom. The molecule has 0 bridgehead atoms. The SMILES string of the molecule is O=C(Cc1csc(-c2cccs2)n1)NCc1ccc(OC(F)F)cc1. The molecule has 1 amide bonds. The molecular weight excluding hydrogens is 366 g/mol. The first kappa shape index (κ1) is 17.5. The molecule has 0 aliphatic rings. The van der Waals surface area contributed by atoms with Crippen LogP contribution in [0, 0.1) is 0 Å². The van der Waals surface area contributed by atoms with Gasteiger partial charge in [-0.15, -0.1) is 22.7 Å². The molecule has 130 valence electrons. The van der Waals surface area contributed by atoms with Gasteiger partial charge in [-0.2, -0.15) is 8.78 Å². The molecule has 2 aromatic heterocycles. The van der Waals surface area contributed by atoms with Crippen molar-refractivity contribution in [3.8, 4) is 15.6 Å². The molecule has 0 atom stereocenters. The summed E-state index contributed by atoms with van der Waals surface area (Å²) in [4.78, 5) is 17.6. The average Bonchev–Trinajstić information content (AvgIpc) is 3.25. The number of carbonyl (C=O) groups excluding carboxylic acids is 1. The van der Waals surface area contributed by atoms with E-state index in [1.165, 1.54) is 23.5 Å². The number of aromatic nitrogens is 1. The Kier molecular flexibility index (Phi) is 5.72. The Morgan fingerprint density at radius 3 is 2.68 bits per heavy atom. The van der Waals surface area contributed by atoms with Crippen molar-refractivity contribution in [2.24, 2.45) is 0 Å². The molecule has 8 heteroatoms. The van der Waals surface area contributed by atoms with Gasteiger partial charge in [-0.05, 0) is 29.1 Å². The Bertz CT molecular complexity index is 818. The number of nitrogens with zero attached hydrogens (tertiary/aromatic N) is 1. The van der Waals surface area contributed by atoms with Crippen molar-refractivity contribution in [3.63, 3.8) is 0 Å². The average molecular weight is 380 g/mol. The predicted molar refractivity (Wildman–Crippen MR) is 94.1 cm³/mol. The first-order valence-corrected chi connectivity index (χ1v) is 9.15. The van der Waals surface area contributed by atoms with Crippen LogP contribution in [0.3, 0.4) is 0 Å². The highest BCUT2D eigenvalue weighted by Crippen LogP contribution is 2.27. The summed E-state index contributed by atoms with van der Waals surface area (Å²) < 4.78 is 28.5. The van der Waals surface area contributed by atoms with Gasteiger partial charge in [0.05, 0.1) is 17.0 Å². The van der Waals surface area contributed by atoms with E-state index in [1.807, 2.05) is 22.9 Å². The zero-order valence-corrected chi connectivity index (χ0v) is 14.6. The Labute approximate surface area is 151 Å². The smallest absolute Gasteiger partial charge is 0.387 e. The lowest BCUT2D eigenvalue weighted by atomic mass is 10.2. The number of hydrogen-bond donors (Lipinski definition) is 1. The monoisotopic (exact) mass is 380 g/mol. The molecule has 0 aliphatic carbocycles. The number of nitrogens with one attached hydrogen (secondary N) is 1. The number of benzene rings is 1. The summed E-state index contributed by atoms with van der Waals surface area (Å²) in [6.45, 7) is -2.53. The molecule has 1 N–H and O–H groups in total. The van der Waals surface area contributed by atoms with Crippen LogP contribution in [0.25, 0.3) is 9.88 Å². The third-order valence-corrected chi connectivity index (χ3v) is 5.19. The van der Waals surface area contributed by atoms with Gasteiger partial charge >= 0.3 is 6.61 Å². The summed E-state index contributed by atoms with van der Waals surface area (Å²) in [5.74, 6) is -0.0513. The normalized spacial score (nSPS) is 10.8. The fourth-order valence-corrected chi connectivity index (χ4v) is 3.75. The van der Waals surface area contributed by atoms with Gasteiger partial charge in [-0.1, -0.05) is 18.2 Å². The van der Waals surface area contributed by atoms with E-state index in [0.29, 0.717) is 6.54 Å². The van der Waals surface area contributed by atoms with Crippen LogP contribution in [0.5, 0.6) is 5.75 Å². The number of ether oxygens (including phenoxy) is 1. The molecule has 0 fully saturated rings. The van der Waals surface area contributed by atoms with Crippen LogP contribution in [0.15, 0.2) is 47.2 Å². The maximum atomic E-state index is 12.1. The van der Waals surface area contributed by atoms with Crippen LogP contribution in [-0.4, -0.2) is 17.5 Å². The molecule has 0 spiro atoms. The topological polar surface area (TPSA) is 51.2 Å². The molecule has 0 radical (unpaired) electrons. The van der Waals surface area contributed by atoms with Gasteiger partial charge in [0.1, 0.15) is 10.8 Å². The Morgan fingerprint density at radius 1 is 1.20 bits per heavy atom. The van der Waals surface area contributed by atoms with E-state index in [1.54, 1.807) is 23.5 Å². The van der Waals surface area contributed by atoms with Gasteiger partial charge in [-0.3, -0.25) is 4.79 Å². The standard InChI is InChI=1S/C17H14F2N2O2S2/c18-17(19)23-13-5-3-11(4-6-13)9-20-15(22)8-12-10-25-16(21-12)14-2-1-7-24-14/h1-7,10,17H,8-9H2,(H,20,22). The fourth-order valence-electron chi connectivity index (χ4n) is 2.12. The number of hydrogen-bond acceptors (Lipinski definition) is 5. The van der Waals surface area contributed by atoms with Gasteiger partial charge in [0.2, 0.25) is 5.91 Å². The molecule has 4 nitrogen and oxygen atoms in total. The first-order valence-electron chi connectivity index (χ1n) is 7.39. The Hall–Kier alpha value is -2.32. The number of halogens is 2. The van der Waals surface area contributed by atoms with E-state index in [2.05, 4.69) is 15.0 Å². The molecule has 0 aliphatic heterocycles. The fraction of sp³-hybridized carbons (Fsp3) is 0.176. The summed E-state index contributed by atoms with van der Waals surface area (Å²) >= 11 is 3.12. The number of thiophene rings is 1. The van der Waals surface area contributed by atoms with Gasteiger partial charge in [-0.25, -0.2) is 4.98 Å². The molecule has 0 saturated carbocycles. The summed E-state index contributed by atoms with van der Waals surface area (Å²) in [6, 6.07) is 10.1. The maximum absolute atomic E-state index is 12.1. The highest BCUT2D eigenvalue weighted by Gasteiger charge is 2.10. The van der Waals surface area contributed by atoms with Crippen molar-refractivity contribution in [2.45, 2.75) is 19.6 Å². The number of thiazole rings is 1. The van der Waals surface area contributed by atoms with Crippen LogP contribution in [0.4, 0.5) is 8.78 Å². The summed E-state index contributed by atoms with van der Waals surface area (Å²) in [7, 11) is 0. The lowest BCUT2D eigenvalue weighted by molar-refractivity contribution is -0.120. The highest BCUT2D eigenvalue weighted by atomic mass is 32.1. The molecule has 25 heavy (non-hydrogen) atoms. The largest absolute Gasteiger partial charge is 0.435 e. The third-order valence-electron chi connectivity index (χ3n) is 3.26. The number of amides is 1. The van der Waals surface area contributed by atoms with Crippen molar-refractivity contribution in [2.75, 3.05) is 0 Å². The molecule has 0 saturated heterocycles. The lowest BCUT2D eigenvalue weighted by Crippen LogP contribution is -2.24. The van der Waals surface area contributed by atoms with E-state index >= 15 is 0 Å². The highest BCUT2D eigenvalue weighted by molar-refractivity contribution is 7.20. The Balaban J connectivity index is 1.49. The van der Waals surface area contributed by atoms with Crippen LogP contribution in [-0.2, 0) is 17.8 Å². The van der Waals surface area contributed by atoms with Crippen LogP contribution in [0.2, 0.25) is 0 Å². The molecule has 0 unspecified atom stereocenters. The summed E-state index contributed by atoms with van der Waals surface area (Å²) in [5.41, 5.74) is 1.53. The van der Waals surface area contributed by atoms with Crippen molar-refractivity contribution in [3.05, 3.63) is 58.4 Å². The zero-order chi connectivity index (χ0) is 17.6. The summed E-state index contributed by atoms with van der Waals surface area (Å²) in [5, 5.41) is 7.57. The molecular formula is C17H14F2N2O2S2. The van der Waals surface area contributed by atoms with Crippen molar-refractivity contribution in [1.82, 2.24) is 10.3 Å². The van der Waals surface area contributed by atoms with Gasteiger partial charge < -0.3 is 10.1 Å². The van der Waals surface area contributed by atoms with E-state index in [9.17, 15) is 13.6 Å². The quantitative estimate of drug-likeness (QED) is 0.664. The van der Waals surface area contributed by atoms with Crippen LogP contribution in [0.1, 0.15) is 11.3 Å². The molecule has 3 rings (SSSR count). The van der Waals surface area contributed by atoms with Crippen molar-refractivity contribution >= 4 is 28.6 Å². The van der Waals surface area contributed by atoms with Crippen LogP contribution < -0.4 is 10.1 Å². The number of carbonyl (C=O) groups is 1. The number of rotatable bonds is 7. The van der Waals surface area contributed by atoms with Gasteiger partial charge in [0, 0.05) is 11.9 Å². The number of alkyl halides is 2. The minimum atomic E-state index is -2.84. The van der Waals surface area contributed by atoms with Crippen molar-refractivity contribution in [1.29, 1.82) is 0 Å². The van der Waals surface area contributed by atoms with Gasteiger partial charge in [0.25, 0.3) is 0 Å². The maximum Gasteiger partial charge on any atom is 0.387 e. The zero-order valence-electron chi connectivity index (χ0n) is 12.9. The van der Waals surface area contributed by atoms with E-state index in [-0.39, 0.29) is 18.1 Å². The second kappa shape index (κ2) is 8.17. The van der Waals surface area contributed by atoms with Gasteiger partial charge in [0.15, 0.2) is 0 Å². The summed E-state index contributed by atoms with van der Waals surface area (Å²) in [6.07, 6.45) is 0.203. The van der Waals surface area contributed by atoms with E-state index in [0.717, 1.165) is 21.1 Å². The van der Waals surface area contributed by atoms with E-state index < -0.39 is 6.61 Å². The lowest BCUT2D eigenvalue weighted by Gasteiger charge is -2.07. The molecule has 3 aromatic rings. The minimum Gasteiger partial charge on any atom is -0.435 e.